The summed E-state index contributed by atoms with van der Waals surface area (Å²) in [6, 6.07) is 18.3. The molecule has 0 unspecified atom stereocenters. The molecule has 0 spiro atoms. The summed E-state index contributed by atoms with van der Waals surface area (Å²) >= 11 is 8.69. The van der Waals surface area contributed by atoms with Crippen molar-refractivity contribution in [2.75, 3.05) is 11.9 Å². The summed E-state index contributed by atoms with van der Waals surface area (Å²) in [6.07, 6.45) is 0.959. The van der Waals surface area contributed by atoms with Crippen LogP contribution in [0.25, 0.3) is 0 Å². The maximum absolute atomic E-state index is 5.26. The van der Waals surface area contributed by atoms with Gasteiger partial charge < -0.3 is 10.6 Å². The Morgan fingerprint density at radius 2 is 1.84 bits per heavy atom. The third-order valence-corrected chi connectivity index (χ3v) is 3.36. The first-order valence-corrected chi connectivity index (χ1v) is 7.28. The summed E-state index contributed by atoms with van der Waals surface area (Å²) in [5.41, 5.74) is 2.28. The quantitative estimate of drug-likeness (QED) is 0.827. The largest absolute Gasteiger partial charge is 0.362 e. The summed E-state index contributed by atoms with van der Waals surface area (Å²) in [4.78, 5) is 0. The molecule has 2 N–H and O–H groups in total. The fourth-order valence-corrected chi connectivity index (χ4v) is 2.33. The van der Waals surface area contributed by atoms with Gasteiger partial charge in [0.25, 0.3) is 0 Å². The van der Waals surface area contributed by atoms with E-state index in [1.165, 1.54) is 5.56 Å². The number of halogens is 1. The Balaban J connectivity index is 1.76. The second-order valence-corrected chi connectivity index (χ2v) is 5.45. The van der Waals surface area contributed by atoms with Gasteiger partial charge >= 0.3 is 0 Å². The number of hydrogen-bond acceptors (Lipinski definition) is 1. The van der Waals surface area contributed by atoms with Crippen LogP contribution in [0.3, 0.4) is 0 Å². The van der Waals surface area contributed by atoms with Crippen LogP contribution in [0.15, 0.2) is 59.1 Å². The highest BCUT2D eigenvalue weighted by atomic mass is 79.9. The van der Waals surface area contributed by atoms with Gasteiger partial charge in [-0.3, -0.25) is 0 Å². The van der Waals surface area contributed by atoms with Crippen LogP contribution in [-0.4, -0.2) is 11.7 Å². The number of nitrogens with one attached hydrogen (secondary N) is 2. The van der Waals surface area contributed by atoms with Crippen molar-refractivity contribution in [3.8, 4) is 0 Å². The Hall–Kier alpha value is -1.39. The fraction of sp³-hybridized carbons (Fsp3) is 0.133. The van der Waals surface area contributed by atoms with Crippen LogP contribution in [0.2, 0.25) is 0 Å². The zero-order valence-corrected chi connectivity index (χ0v) is 12.8. The van der Waals surface area contributed by atoms with Crippen molar-refractivity contribution in [2.24, 2.45) is 0 Å². The maximum atomic E-state index is 5.26. The third-order valence-electron chi connectivity index (χ3n) is 2.62. The molecule has 0 aliphatic rings. The molecule has 0 saturated carbocycles. The molecule has 2 aromatic carbocycles. The van der Waals surface area contributed by atoms with Crippen molar-refractivity contribution in [3.63, 3.8) is 0 Å². The highest BCUT2D eigenvalue weighted by Gasteiger charge is 1.98. The summed E-state index contributed by atoms with van der Waals surface area (Å²) in [5, 5.41) is 7.01. The van der Waals surface area contributed by atoms with E-state index in [0.717, 1.165) is 23.1 Å². The smallest absolute Gasteiger partial charge is 0.170 e. The summed E-state index contributed by atoms with van der Waals surface area (Å²) in [6.45, 7) is 0.823. The van der Waals surface area contributed by atoms with Gasteiger partial charge in [-0.15, -0.1) is 0 Å². The molecule has 0 aromatic heterocycles. The van der Waals surface area contributed by atoms with Crippen molar-refractivity contribution < 1.29 is 0 Å². The second kappa shape index (κ2) is 7.26. The van der Waals surface area contributed by atoms with Crippen molar-refractivity contribution in [1.29, 1.82) is 0 Å². The Morgan fingerprint density at radius 3 is 2.58 bits per heavy atom. The van der Waals surface area contributed by atoms with Crippen LogP contribution < -0.4 is 10.6 Å². The summed E-state index contributed by atoms with van der Waals surface area (Å²) < 4.78 is 1.03. The predicted octanol–water partition coefficient (Wildman–Crippen LogP) is 3.98. The van der Waals surface area contributed by atoms with E-state index in [9.17, 15) is 0 Å². The number of thiocarbonyl (C=S) groups is 1. The Morgan fingerprint density at radius 1 is 1.05 bits per heavy atom. The van der Waals surface area contributed by atoms with Gasteiger partial charge in [0, 0.05) is 16.7 Å². The van der Waals surface area contributed by atoms with Gasteiger partial charge in [0.15, 0.2) is 5.11 Å². The van der Waals surface area contributed by atoms with E-state index in [1.807, 2.05) is 42.5 Å². The molecular weight excluding hydrogens is 320 g/mol. The van der Waals surface area contributed by atoms with Crippen LogP contribution in [0, 0.1) is 0 Å². The minimum Gasteiger partial charge on any atom is -0.362 e. The van der Waals surface area contributed by atoms with Crippen LogP contribution in [0.4, 0.5) is 5.69 Å². The van der Waals surface area contributed by atoms with E-state index >= 15 is 0 Å². The number of anilines is 1. The first-order valence-electron chi connectivity index (χ1n) is 6.08. The lowest BCUT2D eigenvalue weighted by molar-refractivity contribution is 0.873. The van der Waals surface area contributed by atoms with E-state index < -0.39 is 0 Å². The molecule has 0 saturated heterocycles. The zero-order valence-electron chi connectivity index (χ0n) is 10.4. The highest BCUT2D eigenvalue weighted by Crippen LogP contribution is 2.15. The molecule has 0 amide bonds. The SMILES string of the molecule is S=C(NCCc1ccccc1)Nc1cccc(Br)c1. The standard InChI is InChI=1S/C15H15BrN2S/c16-13-7-4-8-14(11-13)18-15(19)17-10-9-12-5-2-1-3-6-12/h1-8,11H,9-10H2,(H2,17,18,19). The van der Waals surface area contributed by atoms with Gasteiger partial charge in [-0.1, -0.05) is 52.3 Å². The topological polar surface area (TPSA) is 24.1 Å². The predicted molar refractivity (Wildman–Crippen MR) is 88.5 cm³/mol. The molecule has 0 aliphatic heterocycles. The van der Waals surface area contributed by atoms with Gasteiger partial charge in [0.05, 0.1) is 0 Å². The van der Waals surface area contributed by atoms with Crippen LogP contribution >= 0.6 is 28.1 Å². The molecule has 0 bridgehead atoms. The van der Waals surface area contributed by atoms with Gasteiger partial charge in [-0.2, -0.15) is 0 Å². The van der Waals surface area contributed by atoms with Crippen LogP contribution in [0.5, 0.6) is 0 Å². The molecule has 0 fully saturated rings. The average Bonchev–Trinajstić information content (AvgIpc) is 2.40. The lowest BCUT2D eigenvalue weighted by atomic mass is 10.1. The second-order valence-electron chi connectivity index (χ2n) is 4.13. The molecule has 4 heteroatoms. The van der Waals surface area contributed by atoms with Crippen molar-refractivity contribution in [3.05, 3.63) is 64.6 Å². The molecule has 2 aromatic rings. The molecule has 0 radical (unpaired) electrons. The third kappa shape index (κ3) is 5.01. The molecule has 98 valence electrons. The van der Waals surface area contributed by atoms with Gasteiger partial charge in [0.1, 0.15) is 0 Å². The minimum absolute atomic E-state index is 0.647. The molecule has 2 nitrogen and oxygen atoms in total. The molecular formula is C15H15BrN2S. The maximum Gasteiger partial charge on any atom is 0.170 e. The van der Waals surface area contributed by atoms with E-state index in [1.54, 1.807) is 0 Å². The number of rotatable bonds is 4. The monoisotopic (exact) mass is 334 g/mol. The lowest BCUT2D eigenvalue weighted by Gasteiger charge is -2.10. The molecule has 0 aliphatic carbocycles. The van der Waals surface area contributed by atoms with E-state index in [0.29, 0.717) is 5.11 Å². The molecule has 19 heavy (non-hydrogen) atoms. The highest BCUT2D eigenvalue weighted by molar-refractivity contribution is 9.10. The van der Waals surface area contributed by atoms with E-state index in [2.05, 4.69) is 38.7 Å². The van der Waals surface area contributed by atoms with E-state index in [4.69, 9.17) is 12.2 Å². The van der Waals surface area contributed by atoms with Crippen molar-refractivity contribution in [2.45, 2.75) is 6.42 Å². The molecule has 2 rings (SSSR count). The lowest BCUT2D eigenvalue weighted by Crippen LogP contribution is -2.30. The minimum atomic E-state index is 0.647. The van der Waals surface area contributed by atoms with Crippen LogP contribution in [-0.2, 0) is 6.42 Å². The first kappa shape index (κ1) is 14.0. The average molecular weight is 335 g/mol. The first-order chi connectivity index (χ1) is 9.24. The summed E-state index contributed by atoms with van der Waals surface area (Å²) in [7, 11) is 0. The number of benzene rings is 2. The zero-order chi connectivity index (χ0) is 13.5. The van der Waals surface area contributed by atoms with Gasteiger partial charge in [0.2, 0.25) is 0 Å². The summed E-state index contributed by atoms with van der Waals surface area (Å²) in [5.74, 6) is 0. The molecule has 0 atom stereocenters. The molecule has 0 heterocycles. The normalized spacial score (nSPS) is 9.95. The Labute approximate surface area is 127 Å². The Bertz CT molecular complexity index is 543. The van der Waals surface area contributed by atoms with E-state index in [-0.39, 0.29) is 0 Å². The fourth-order valence-electron chi connectivity index (χ4n) is 1.71. The van der Waals surface area contributed by atoms with Gasteiger partial charge in [-0.25, -0.2) is 0 Å². The van der Waals surface area contributed by atoms with Crippen molar-refractivity contribution in [1.82, 2.24) is 5.32 Å². The number of hydrogen-bond donors (Lipinski definition) is 2. The van der Waals surface area contributed by atoms with Gasteiger partial charge in [-0.05, 0) is 42.4 Å². The van der Waals surface area contributed by atoms with Crippen molar-refractivity contribution >= 4 is 38.9 Å². The van der Waals surface area contributed by atoms with Crippen LogP contribution in [0.1, 0.15) is 5.56 Å². The Kier molecular flexibility index (Phi) is 5.36.